The van der Waals surface area contributed by atoms with Gasteiger partial charge in [0.2, 0.25) is 0 Å². The number of rotatable bonds is 7. The van der Waals surface area contributed by atoms with E-state index in [1.165, 1.54) is 16.2 Å². The Morgan fingerprint density at radius 2 is 1.16 bits per heavy atom. The molecule has 0 fully saturated rings. The summed E-state index contributed by atoms with van der Waals surface area (Å²) in [4.78, 5) is 4.43. The van der Waals surface area contributed by atoms with Crippen molar-refractivity contribution in [1.29, 1.82) is 5.41 Å². The van der Waals surface area contributed by atoms with Crippen molar-refractivity contribution in [2.45, 2.75) is 0 Å². The molecular formula is C43H31N7. The van der Waals surface area contributed by atoms with E-state index in [1.807, 2.05) is 85.2 Å². The number of aromatic nitrogens is 3. The topological polar surface area (TPSA) is 97.0 Å². The van der Waals surface area contributed by atoms with Gasteiger partial charge >= 0.3 is 0 Å². The molecule has 0 saturated carbocycles. The fraction of sp³-hybridized carbons (Fsp3) is 0. The van der Waals surface area contributed by atoms with Gasteiger partial charge in [0.1, 0.15) is 0 Å². The second kappa shape index (κ2) is 11.9. The second-order valence-corrected chi connectivity index (χ2v) is 12.2. The molecule has 9 aromatic rings. The van der Waals surface area contributed by atoms with E-state index in [4.69, 9.17) is 11.1 Å². The molecule has 238 valence electrons. The Labute approximate surface area is 288 Å². The Morgan fingerprint density at radius 3 is 1.86 bits per heavy atom. The average Bonchev–Trinajstić information content (AvgIpc) is 3.68. The SMILES string of the molecule is N=C(c1ccccc1)c1ccccc1N/N=C(\N)c1cccc(-n2c3ccccc3c3cc4c(cc32)c2ccccc2n4-c2cccnc2)c1. The van der Waals surface area contributed by atoms with E-state index in [-0.39, 0.29) is 0 Å². The molecular weight excluding hydrogens is 615 g/mol. The van der Waals surface area contributed by atoms with Crippen LogP contribution >= 0.6 is 0 Å². The smallest absolute Gasteiger partial charge is 0.151 e. The zero-order valence-electron chi connectivity index (χ0n) is 27.0. The van der Waals surface area contributed by atoms with E-state index in [9.17, 15) is 0 Å². The summed E-state index contributed by atoms with van der Waals surface area (Å²) in [7, 11) is 0. The highest BCUT2D eigenvalue weighted by molar-refractivity contribution is 6.19. The Bertz CT molecular complexity index is 2760. The minimum absolute atomic E-state index is 0.343. The van der Waals surface area contributed by atoms with Crippen LogP contribution in [0.4, 0.5) is 5.69 Å². The molecule has 0 aliphatic carbocycles. The summed E-state index contributed by atoms with van der Waals surface area (Å²) in [6, 6.07) is 51.3. The number of hydrogen-bond donors (Lipinski definition) is 3. The summed E-state index contributed by atoms with van der Waals surface area (Å²) in [6.07, 6.45) is 3.72. The molecule has 0 saturated heterocycles. The van der Waals surface area contributed by atoms with E-state index in [2.05, 4.69) is 104 Å². The first-order valence-corrected chi connectivity index (χ1v) is 16.5. The Kier molecular flexibility index (Phi) is 6.95. The molecule has 7 nitrogen and oxygen atoms in total. The van der Waals surface area contributed by atoms with Crippen LogP contribution in [0.25, 0.3) is 55.0 Å². The van der Waals surface area contributed by atoms with Gasteiger partial charge in [0.05, 0.1) is 45.4 Å². The molecule has 7 heteroatoms. The number of fused-ring (bicyclic) bond motifs is 6. The minimum Gasteiger partial charge on any atom is -0.382 e. The minimum atomic E-state index is 0.343. The summed E-state index contributed by atoms with van der Waals surface area (Å²) < 4.78 is 4.61. The summed E-state index contributed by atoms with van der Waals surface area (Å²) in [5.74, 6) is 0.343. The van der Waals surface area contributed by atoms with E-state index >= 15 is 0 Å². The standard InChI is InChI=1S/C43H31N7/c44-42(28-12-2-1-3-13-28)34-19-4-7-20-37(34)47-48-43(45)29-14-10-15-30(24-29)49-38-21-8-5-17-32(38)35-26-41-36(25-40(35)49)33-18-6-9-22-39(33)50(41)31-16-11-23-46-27-31/h1-27,44,47H,(H2,45,48). The van der Waals surface area contributed by atoms with Crippen LogP contribution in [0.15, 0.2) is 169 Å². The third-order valence-electron chi connectivity index (χ3n) is 9.33. The zero-order chi connectivity index (χ0) is 33.6. The first-order chi connectivity index (χ1) is 24.7. The molecule has 0 radical (unpaired) electrons. The molecule has 0 bridgehead atoms. The largest absolute Gasteiger partial charge is 0.382 e. The van der Waals surface area contributed by atoms with Gasteiger partial charge in [0.15, 0.2) is 5.84 Å². The molecule has 50 heavy (non-hydrogen) atoms. The Hall–Kier alpha value is -6.99. The number of benzene rings is 6. The maximum Gasteiger partial charge on any atom is 0.151 e. The van der Waals surface area contributed by atoms with Crippen LogP contribution in [0.5, 0.6) is 0 Å². The van der Waals surface area contributed by atoms with Gasteiger partial charge in [-0.1, -0.05) is 97.1 Å². The number of hydrazone groups is 1. The van der Waals surface area contributed by atoms with Crippen molar-refractivity contribution in [3.63, 3.8) is 0 Å². The fourth-order valence-electron chi connectivity index (χ4n) is 7.02. The van der Waals surface area contributed by atoms with Crippen LogP contribution in [0.2, 0.25) is 0 Å². The second-order valence-electron chi connectivity index (χ2n) is 12.2. The predicted octanol–water partition coefficient (Wildman–Crippen LogP) is 9.42. The summed E-state index contributed by atoms with van der Waals surface area (Å²) >= 11 is 0. The molecule has 3 heterocycles. The molecule has 0 atom stereocenters. The number of para-hydroxylation sites is 3. The zero-order valence-corrected chi connectivity index (χ0v) is 27.0. The fourth-order valence-corrected chi connectivity index (χ4v) is 7.02. The lowest BCUT2D eigenvalue weighted by atomic mass is 10.0. The van der Waals surface area contributed by atoms with Crippen molar-refractivity contribution in [3.8, 4) is 11.4 Å². The number of anilines is 1. The van der Waals surface area contributed by atoms with Gasteiger partial charge in [-0.05, 0) is 54.6 Å². The van der Waals surface area contributed by atoms with Crippen LogP contribution in [-0.2, 0) is 0 Å². The van der Waals surface area contributed by atoms with Gasteiger partial charge in [-0.25, -0.2) is 0 Å². The molecule has 0 spiro atoms. The molecule has 0 aliphatic rings. The van der Waals surface area contributed by atoms with Gasteiger partial charge in [-0.2, -0.15) is 5.10 Å². The lowest BCUT2D eigenvalue weighted by Gasteiger charge is -2.12. The van der Waals surface area contributed by atoms with Crippen molar-refractivity contribution in [3.05, 3.63) is 181 Å². The number of nitrogens with one attached hydrogen (secondary N) is 2. The van der Waals surface area contributed by atoms with Gasteiger partial charge in [0.25, 0.3) is 0 Å². The van der Waals surface area contributed by atoms with E-state index in [1.54, 1.807) is 0 Å². The number of amidine groups is 1. The van der Waals surface area contributed by atoms with Gasteiger partial charge in [0, 0.05) is 50.1 Å². The summed E-state index contributed by atoms with van der Waals surface area (Å²) in [5.41, 5.74) is 19.7. The van der Waals surface area contributed by atoms with Crippen molar-refractivity contribution in [2.75, 3.05) is 5.43 Å². The molecule has 0 unspecified atom stereocenters. The molecule has 0 amide bonds. The third-order valence-corrected chi connectivity index (χ3v) is 9.33. The molecule has 4 N–H and O–H groups in total. The van der Waals surface area contributed by atoms with Crippen LogP contribution in [0.1, 0.15) is 16.7 Å². The Morgan fingerprint density at radius 1 is 0.560 bits per heavy atom. The van der Waals surface area contributed by atoms with Gasteiger partial charge in [-0.3, -0.25) is 15.8 Å². The number of pyridine rings is 1. The van der Waals surface area contributed by atoms with Crippen LogP contribution in [0, 0.1) is 5.41 Å². The van der Waals surface area contributed by atoms with Crippen LogP contribution < -0.4 is 11.2 Å². The molecule has 9 rings (SSSR count). The van der Waals surface area contributed by atoms with Crippen molar-refractivity contribution < 1.29 is 0 Å². The lowest BCUT2D eigenvalue weighted by molar-refractivity contribution is 1.14. The quantitative estimate of drug-likeness (QED) is 0.0915. The molecule has 3 aromatic heterocycles. The average molecular weight is 646 g/mol. The number of hydrogen-bond acceptors (Lipinski definition) is 4. The van der Waals surface area contributed by atoms with Crippen LogP contribution in [-0.4, -0.2) is 25.7 Å². The Balaban J connectivity index is 1.16. The van der Waals surface area contributed by atoms with Gasteiger partial charge in [-0.15, -0.1) is 0 Å². The van der Waals surface area contributed by atoms with E-state index < -0.39 is 0 Å². The van der Waals surface area contributed by atoms with E-state index in [0.29, 0.717) is 17.2 Å². The van der Waals surface area contributed by atoms with Gasteiger partial charge < -0.3 is 14.9 Å². The summed E-state index contributed by atoms with van der Waals surface area (Å²) in [5, 5.41) is 18.1. The number of nitrogens with zero attached hydrogens (tertiary/aromatic N) is 4. The van der Waals surface area contributed by atoms with Crippen molar-refractivity contribution in [1.82, 2.24) is 14.1 Å². The number of nitrogens with two attached hydrogens (primary N) is 1. The lowest BCUT2D eigenvalue weighted by Crippen LogP contribution is -2.16. The summed E-state index contributed by atoms with van der Waals surface area (Å²) in [6.45, 7) is 0. The highest BCUT2D eigenvalue weighted by Gasteiger charge is 2.19. The maximum atomic E-state index is 8.81. The predicted molar refractivity (Wildman–Crippen MR) is 206 cm³/mol. The molecule has 6 aromatic carbocycles. The van der Waals surface area contributed by atoms with Crippen molar-refractivity contribution >= 4 is 60.8 Å². The highest BCUT2D eigenvalue weighted by atomic mass is 15.3. The monoisotopic (exact) mass is 645 g/mol. The van der Waals surface area contributed by atoms with Crippen LogP contribution in [0.3, 0.4) is 0 Å². The maximum absolute atomic E-state index is 8.81. The first kappa shape index (κ1) is 29.2. The third kappa shape index (κ3) is 4.79. The first-order valence-electron chi connectivity index (χ1n) is 16.5. The van der Waals surface area contributed by atoms with Crippen molar-refractivity contribution in [2.24, 2.45) is 10.8 Å². The van der Waals surface area contributed by atoms with E-state index in [0.717, 1.165) is 55.5 Å². The molecule has 0 aliphatic heterocycles. The highest BCUT2D eigenvalue weighted by Crippen LogP contribution is 2.39. The normalized spacial score (nSPS) is 11.9.